The summed E-state index contributed by atoms with van der Waals surface area (Å²) < 4.78 is 13.2. The molecular formula is C15H16FN3O. The second-order valence-electron chi connectivity index (χ2n) is 4.73. The molecule has 0 aliphatic heterocycles. The van der Waals surface area contributed by atoms with Gasteiger partial charge < -0.3 is 10.6 Å². The lowest BCUT2D eigenvalue weighted by atomic mass is 10.1. The predicted molar refractivity (Wildman–Crippen MR) is 75.6 cm³/mol. The number of nitrogen functional groups attached to an aromatic ring is 1. The fourth-order valence-electron chi connectivity index (χ4n) is 1.87. The van der Waals surface area contributed by atoms with E-state index in [-0.39, 0.29) is 17.3 Å². The maximum atomic E-state index is 13.2. The van der Waals surface area contributed by atoms with Gasteiger partial charge in [-0.25, -0.2) is 9.37 Å². The van der Waals surface area contributed by atoms with E-state index in [9.17, 15) is 9.18 Å². The van der Waals surface area contributed by atoms with Crippen molar-refractivity contribution in [3.05, 3.63) is 59.0 Å². The molecule has 0 bridgehead atoms. The smallest absolute Gasteiger partial charge is 0.257 e. The van der Waals surface area contributed by atoms with E-state index in [1.165, 1.54) is 4.90 Å². The van der Waals surface area contributed by atoms with Crippen LogP contribution in [0.15, 0.2) is 36.5 Å². The van der Waals surface area contributed by atoms with Gasteiger partial charge in [0.25, 0.3) is 5.91 Å². The van der Waals surface area contributed by atoms with Gasteiger partial charge in [-0.2, -0.15) is 0 Å². The van der Waals surface area contributed by atoms with Crippen molar-refractivity contribution in [1.82, 2.24) is 9.88 Å². The number of benzene rings is 1. The summed E-state index contributed by atoms with van der Waals surface area (Å²) in [6.07, 6.45) is 0.992. The number of aryl methyl sites for hydroxylation is 1. The first-order valence-electron chi connectivity index (χ1n) is 6.19. The molecule has 1 amide bonds. The van der Waals surface area contributed by atoms with E-state index < -0.39 is 5.82 Å². The Kier molecular flexibility index (Phi) is 3.98. The van der Waals surface area contributed by atoms with Gasteiger partial charge in [0.05, 0.1) is 11.8 Å². The molecule has 2 rings (SSSR count). The molecular weight excluding hydrogens is 257 g/mol. The first kappa shape index (κ1) is 14.0. The Hall–Kier alpha value is -2.43. The molecule has 1 aromatic heterocycles. The average molecular weight is 273 g/mol. The number of hydrogen-bond acceptors (Lipinski definition) is 3. The van der Waals surface area contributed by atoms with Gasteiger partial charge in [-0.05, 0) is 18.6 Å². The number of nitrogens with two attached hydrogens (primary N) is 1. The monoisotopic (exact) mass is 273 g/mol. The lowest BCUT2D eigenvalue weighted by Gasteiger charge is -2.18. The summed E-state index contributed by atoms with van der Waals surface area (Å²) in [4.78, 5) is 17.4. The molecule has 1 heterocycles. The highest BCUT2D eigenvalue weighted by Gasteiger charge is 2.16. The number of hydrogen-bond donors (Lipinski definition) is 1. The zero-order chi connectivity index (χ0) is 14.7. The van der Waals surface area contributed by atoms with Gasteiger partial charge in [-0.3, -0.25) is 4.79 Å². The summed E-state index contributed by atoms with van der Waals surface area (Å²) in [6, 6.07) is 8.96. The first-order valence-corrected chi connectivity index (χ1v) is 6.19. The second kappa shape index (κ2) is 5.69. The highest BCUT2D eigenvalue weighted by molar-refractivity contribution is 5.98. The molecule has 20 heavy (non-hydrogen) atoms. The molecule has 5 heteroatoms. The summed E-state index contributed by atoms with van der Waals surface area (Å²) in [5, 5.41) is 0. The van der Waals surface area contributed by atoms with Gasteiger partial charge in [0.15, 0.2) is 0 Å². The van der Waals surface area contributed by atoms with Crippen molar-refractivity contribution >= 4 is 11.7 Å². The average Bonchev–Trinajstić information content (AvgIpc) is 2.43. The van der Waals surface area contributed by atoms with Crippen molar-refractivity contribution in [2.45, 2.75) is 13.5 Å². The topological polar surface area (TPSA) is 59.2 Å². The van der Waals surface area contributed by atoms with E-state index in [4.69, 9.17) is 5.73 Å². The standard InChI is InChI=1S/C15H16FN3O/c1-10-3-5-11(6-4-10)9-19(2)15(20)13-7-12(16)8-18-14(13)17/h3-8H,9H2,1-2H3,(H2,17,18). The van der Waals surface area contributed by atoms with E-state index in [1.54, 1.807) is 7.05 Å². The molecule has 0 spiro atoms. The lowest BCUT2D eigenvalue weighted by Crippen LogP contribution is -2.27. The normalized spacial score (nSPS) is 10.3. The van der Waals surface area contributed by atoms with Crippen LogP contribution in [0.4, 0.5) is 10.2 Å². The maximum Gasteiger partial charge on any atom is 0.257 e. The van der Waals surface area contributed by atoms with Crippen LogP contribution in [0.5, 0.6) is 0 Å². The third-order valence-corrected chi connectivity index (χ3v) is 3.00. The van der Waals surface area contributed by atoms with Crippen molar-refractivity contribution < 1.29 is 9.18 Å². The molecule has 0 saturated carbocycles. The first-order chi connectivity index (χ1) is 9.47. The molecule has 2 N–H and O–H groups in total. The minimum Gasteiger partial charge on any atom is -0.383 e. The molecule has 1 aromatic carbocycles. The molecule has 104 valence electrons. The number of carbonyl (C=O) groups is 1. The quantitative estimate of drug-likeness (QED) is 0.934. The molecule has 0 radical (unpaired) electrons. The van der Waals surface area contributed by atoms with Crippen molar-refractivity contribution in [1.29, 1.82) is 0 Å². The van der Waals surface area contributed by atoms with E-state index in [2.05, 4.69) is 4.98 Å². The molecule has 0 aliphatic carbocycles. The Morgan fingerprint density at radius 1 is 1.35 bits per heavy atom. The summed E-state index contributed by atoms with van der Waals surface area (Å²) in [6.45, 7) is 2.42. The van der Waals surface area contributed by atoms with Crippen LogP contribution in [0.25, 0.3) is 0 Å². The Balaban J connectivity index is 2.16. The highest BCUT2D eigenvalue weighted by Crippen LogP contribution is 2.14. The number of anilines is 1. The zero-order valence-corrected chi connectivity index (χ0v) is 11.4. The van der Waals surface area contributed by atoms with Crippen LogP contribution in [0.1, 0.15) is 21.5 Å². The molecule has 4 nitrogen and oxygen atoms in total. The zero-order valence-electron chi connectivity index (χ0n) is 11.4. The van der Waals surface area contributed by atoms with Crippen molar-refractivity contribution in [2.24, 2.45) is 0 Å². The number of aromatic nitrogens is 1. The number of amides is 1. The van der Waals surface area contributed by atoms with Crippen LogP contribution in [-0.4, -0.2) is 22.8 Å². The largest absolute Gasteiger partial charge is 0.383 e. The van der Waals surface area contributed by atoms with Gasteiger partial charge >= 0.3 is 0 Å². The number of pyridine rings is 1. The van der Waals surface area contributed by atoms with Gasteiger partial charge in [-0.1, -0.05) is 29.8 Å². The molecule has 2 aromatic rings. The SMILES string of the molecule is Cc1ccc(CN(C)C(=O)c2cc(F)cnc2N)cc1. The number of halogens is 1. The van der Waals surface area contributed by atoms with Crippen molar-refractivity contribution in [3.63, 3.8) is 0 Å². The highest BCUT2D eigenvalue weighted by atomic mass is 19.1. The number of carbonyl (C=O) groups excluding carboxylic acids is 1. The minimum absolute atomic E-state index is 0.0344. The van der Waals surface area contributed by atoms with E-state index >= 15 is 0 Å². The number of nitrogens with zero attached hydrogens (tertiary/aromatic N) is 2. The predicted octanol–water partition coefficient (Wildman–Crippen LogP) is 2.38. The summed E-state index contributed by atoms with van der Waals surface area (Å²) in [5.41, 5.74) is 7.85. The van der Waals surface area contributed by atoms with Crippen LogP contribution >= 0.6 is 0 Å². The van der Waals surface area contributed by atoms with Crippen LogP contribution < -0.4 is 5.73 Å². The van der Waals surface area contributed by atoms with Gasteiger partial charge in [-0.15, -0.1) is 0 Å². The summed E-state index contributed by atoms with van der Waals surface area (Å²) in [7, 11) is 1.65. The lowest BCUT2D eigenvalue weighted by molar-refractivity contribution is 0.0785. The number of rotatable bonds is 3. The molecule has 0 atom stereocenters. The molecule has 0 fully saturated rings. The summed E-state index contributed by atoms with van der Waals surface area (Å²) >= 11 is 0. The fourth-order valence-corrected chi connectivity index (χ4v) is 1.87. The fraction of sp³-hybridized carbons (Fsp3) is 0.200. The van der Waals surface area contributed by atoms with Gasteiger partial charge in [0.2, 0.25) is 0 Å². The van der Waals surface area contributed by atoms with Crippen LogP contribution in [0.2, 0.25) is 0 Å². The van der Waals surface area contributed by atoms with Crippen molar-refractivity contribution in [2.75, 3.05) is 12.8 Å². The Morgan fingerprint density at radius 3 is 2.65 bits per heavy atom. The third kappa shape index (κ3) is 3.12. The van der Waals surface area contributed by atoms with Crippen LogP contribution in [0, 0.1) is 12.7 Å². The van der Waals surface area contributed by atoms with E-state index in [0.29, 0.717) is 6.54 Å². The minimum atomic E-state index is -0.578. The third-order valence-electron chi connectivity index (χ3n) is 3.00. The molecule has 0 aliphatic rings. The molecule has 0 unspecified atom stereocenters. The van der Waals surface area contributed by atoms with Crippen LogP contribution in [0.3, 0.4) is 0 Å². The Morgan fingerprint density at radius 2 is 2.00 bits per heavy atom. The van der Waals surface area contributed by atoms with Gasteiger partial charge in [0, 0.05) is 13.6 Å². The Labute approximate surface area is 117 Å². The van der Waals surface area contributed by atoms with Crippen LogP contribution in [-0.2, 0) is 6.54 Å². The maximum absolute atomic E-state index is 13.2. The van der Waals surface area contributed by atoms with E-state index in [0.717, 1.165) is 23.4 Å². The van der Waals surface area contributed by atoms with E-state index in [1.807, 2.05) is 31.2 Å². The second-order valence-corrected chi connectivity index (χ2v) is 4.73. The molecule has 0 saturated heterocycles. The van der Waals surface area contributed by atoms with Crippen molar-refractivity contribution in [3.8, 4) is 0 Å². The van der Waals surface area contributed by atoms with Gasteiger partial charge in [0.1, 0.15) is 11.6 Å². The summed E-state index contributed by atoms with van der Waals surface area (Å²) in [5.74, 6) is -0.895. The Bertz CT molecular complexity index is 626.